The zero-order valence-electron chi connectivity index (χ0n) is 13.7. The van der Waals surface area contributed by atoms with Crippen LogP contribution in [-0.4, -0.2) is 20.3 Å². The van der Waals surface area contributed by atoms with Crippen molar-refractivity contribution in [1.82, 2.24) is 14.4 Å². The molecule has 0 aliphatic rings. The SMILES string of the molecule is Cc1c(CCc2ccc3nc(N)oc3c2)nc2cc(C(N)=O)ccn12. The van der Waals surface area contributed by atoms with Crippen LogP contribution in [0.15, 0.2) is 40.9 Å². The van der Waals surface area contributed by atoms with Gasteiger partial charge in [0.15, 0.2) is 5.58 Å². The number of primary amides is 1. The van der Waals surface area contributed by atoms with E-state index in [4.69, 9.17) is 15.9 Å². The lowest BCUT2D eigenvalue weighted by molar-refractivity contribution is 0.1000. The minimum absolute atomic E-state index is 0.175. The van der Waals surface area contributed by atoms with Crippen LogP contribution in [0, 0.1) is 6.92 Å². The van der Waals surface area contributed by atoms with Gasteiger partial charge in [0, 0.05) is 17.5 Å². The number of imidazole rings is 1. The fraction of sp³-hybridized carbons (Fsp3) is 0.167. The molecule has 3 aromatic heterocycles. The van der Waals surface area contributed by atoms with E-state index >= 15 is 0 Å². The predicted octanol–water partition coefficient (Wildman–Crippen LogP) is 2.25. The topological polar surface area (TPSA) is 112 Å². The average Bonchev–Trinajstić information content (AvgIpc) is 3.11. The Kier molecular flexibility index (Phi) is 3.42. The van der Waals surface area contributed by atoms with Gasteiger partial charge in [0.2, 0.25) is 5.91 Å². The summed E-state index contributed by atoms with van der Waals surface area (Å²) in [5.41, 5.74) is 16.7. The molecule has 0 saturated carbocycles. The third-order valence-electron chi connectivity index (χ3n) is 4.37. The van der Waals surface area contributed by atoms with Gasteiger partial charge >= 0.3 is 0 Å². The van der Waals surface area contributed by atoms with Crippen LogP contribution in [0.25, 0.3) is 16.7 Å². The zero-order chi connectivity index (χ0) is 17.6. The zero-order valence-corrected chi connectivity index (χ0v) is 13.7. The molecule has 0 aliphatic heterocycles. The summed E-state index contributed by atoms with van der Waals surface area (Å²) in [5, 5.41) is 0. The fourth-order valence-corrected chi connectivity index (χ4v) is 3.01. The Morgan fingerprint density at radius 2 is 2.04 bits per heavy atom. The van der Waals surface area contributed by atoms with E-state index in [0.29, 0.717) is 11.1 Å². The van der Waals surface area contributed by atoms with Crippen molar-refractivity contribution in [3.05, 3.63) is 59.0 Å². The maximum Gasteiger partial charge on any atom is 0.292 e. The van der Waals surface area contributed by atoms with Gasteiger partial charge < -0.3 is 20.3 Å². The predicted molar refractivity (Wildman–Crippen MR) is 94.3 cm³/mol. The van der Waals surface area contributed by atoms with Gasteiger partial charge in [-0.3, -0.25) is 4.79 Å². The van der Waals surface area contributed by atoms with Gasteiger partial charge in [-0.1, -0.05) is 6.07 Å². The van der Waals surface area contributed by atoms with E-state index in [2.05, 4.69) is 9.97 Å². The van der Waals surface area contributed by atoms with Crippen molar-refractivity contribution in [1.29, 1.82) is 0 Å². The Labute approximate surface area is 143 Å². The molecule has 0 radical (unpaired) electrons. The first-order valence-electron chi connectivity index (χ1n) is 7.93. The van der Waals surface area contributed by atoms with Crippen molar-refractivity contribution in [2.24, 2.45) is 5.73 Å². The van der Waals surface area contributed by atoms with Crippen molar-refractivity contribution >= 4 is 28.7 Å². The number of nitrogen functional groups attached to an aromatic ring is 1. The highest BCUT2D eigenvalue weighted by atomic mass is 16.4. The minimum Gasteiger partial charge on any atom is -0.424 e. The van der Waals surface area contributed by atoms with Gasteiger partial charge in [0.05, 0.1) is 5.69 Å². The molecule has 1 amide bonds. The Morgan fingerprint density at radius 1 is 1.20 bits per heavy atom. The molecule has 0 spiro atoms. The molecular weight excluding hydrogens is 318 g/mol. The Hall–Kier alpha value is -3.35. The lowest BCUT2D eigenvalue weighted by Gasteiger charge is -2.01. The molecule has 0 saturated heterocycles. The second-order valence-corrected chi connectivity index (χ2v) is 6.01. The van der Waals surface area contributed by atoms with Crippen molar-refractivity contribution < 1.29 is 9.21 Å². The summed E-state index contributed by atoms with van der Waals surface area (Å²) in [6, 6.07) is 9.46. The largest absolute Gasteiger partial charge is 0.424 e. The van der Waals surface area contributed by atoms with E-state index in [1.165, 1.54) is 0 Å². The number of fused-ring (bicyclic) bond motifs is 2. The van der Waals surface area contributed by atoms with Gasteiger partial charge in [0.25, 0.3) is 6.01 Å². The number of hydrogen-bond acceptors (Lipinski definition) is 5. The van der Waals surface area contributed by atoms with Gasteiger partial charge in [-0.2, -0.15) is 4.98 Å². The number of carbonyl (C=O) groups is 1. The molecule has 0 fully saturated rings. The number of aromatic nitrogens is 3. The third-order valence-corrected chi connectivity index (χ3v) is 4.37. The molecule has 4 rings (SSSR count). The van der Waals surface area contributed by atoms with Gasteiger partial charge in [0.1, 0.15) is 11.2 Å². The second-order valence-electron chi connectivity index (χ2n) is 6.01. The number of carbonyl (C=O) groups excluding carboxylic acids is 1. The van der Waals surface area contributed by atoms with Crippen LogP contribution in [0.3, 0.4) is 0 Å². The summed E-state index contributed by atoms with van der Waals surface area (Å²) < 4.78 is 7.33. The molecule has 25 heavy (non-hydrogen) atoms. The monoisotopic (exact) mass is 335 g/mol. The number of nitrogens with two attached hydrogens (primary N) is 2. The molecule has 0 unspecified atom stereocenters. The molecule has 0 bridgehead atoms. The number of aryl methyl sites for hydroxylation is 3. The van der Waals surface area contributed by atoms with Gasteiger partial charge in [-0.15, -0.1) is 0 Å². The first-order chi connectivity index (χ1) is 12.0. The van der Waals surface area contributed by atoms with E-state index in [-0.39, 0.29) is 6.01 Å². The molecule has 4 aromatic rings. The maximum absolute atomic E-state index is 11.3. The van der Waals surface area contributed by atoms with Crippen LogP contribution in [0.1, 0.15) is 27.3 Å². The minimum atomic E-state index is -0.454. The summed E-state index contributed by atoms with van der Waals surface area (Å²) in [5.74, 6) is -0.454. The number of pyridine rings is 1. The van der Waals surface area contributed by atoms with Crippen molar-refractivity contribution in [3.63, 3.8) is 0 Å². The second kappa shape index (κ2) is 5.62. The summed E-state index contributed by atoms with van der Waals surface area (Å²) in [7, 11) is 0. The summed E-state index contributed by atoms with van der Waals surface area (Å²) >= 11 is 0. The average molecular weight is 335 g/mol. The normalized spacial score (nSPS) is 11.4. The quantitative estimate of drug-likeness (QED) is 0.594. The van der Waals surface area contributed by atoms with Crippen LogP contribution >= 0.6 is 0 Å². The third kappa shape index (κ3) is 2.69. The molecule has 4 N–H and O–H groups in total. The molecule has 3 heterocycles. The summed E-state index contributed by atoms with van der Waals surface area (Å²) in [4.78, 5) is 20.1. The fourth-order valence-electron chi connectivity index (χ4n) is 3.01. The number of oxazole rings is 1. The number of rotatable bonds is 4. The Morgan fingerprint density at radius 3 is 2.84 bits per heavy atom. The molecule has 126 valence electrons. The van der Waals surface area contributed by atoms with Gasteiger partial charge in [-0.05, 0) is 49.6 Å². The molecule has 0 aliphatic carbocycles. The molecular formula is C18H17N5O2. The highest BCUT2D eigenvalue weighted by Crippen LogP contribution is 2.20. The molecule has 7 heteroatoms. The smallest absolute Gasteiger partial charge is 0.292 e. The van der Waals surface area contributed by atoms with E-state index in [1.54, 1.807) is 12.1 Å². The van der Waals surface area contributed by atoms with E-state index in [1.807, 2.05) is 35.7 Å². The van der Waals surface area contributed by atoms with Crippen LogP contribution in [0.5, 0.6) is 0 Å². The number of amides is 1. The molecule has 7 nitrogen and oxygen atoms in total. The van der Waals surface area contributed by atoms with Crippen LogP contribution in [0.4, 0.5) is 6.01 Å². The number of nitrogens with zero attached hydrogens (tertiary/aromatic N) is 3. The Bertz CT molecular complexity index is 1110. The lowest BCUT2D eigenvalue weighted by atomic mass is 10.1. The van der Waals surface area contributed by atoms with Crippen LogP contribution < -0.4 is 11.5 Å². The van der Waals surface area contributed by atoms with Crippen LogP contribution in [0.2, 0.25) is 0 Å². The highest BCUT2D eigenvalue weighted by molar-refractivity contribution is 5.93. The van der Waals surface area contributed by atoms with Crippen molar-refractivity contribution in [2.75, 3.05) is 5.73 Å². The maximum atomic E-state index is 11.3. The number of hydrogen-bond donors (Lipinski definition) is 2. The van der Waals surface area contributed by atoms with E-state index in [9.17, 15) is 4.79 Å². The van der Waals surface area contributed by atoms with E-state index < -0.39 is 5.91 Å². The standard InChI is InChI=1S/C18H17N5O2/c1-10-13(21-16-9-12(17(19)24)6-7-23(10)16)4-2-11-3-5-14-15(8-11)25-18(20)22-14/h3,5-9H,2,4H2,1H3,(H2,19,24)(H2,20,22). The summed E-state index contributed by atoms with van der Waals surface area (Å²) in [6.45, 7) is 2.01. The number of benzene rings is 1. The lowest BCUT2D eigenvalue weighted by Crippen LogP contribution is -2.11. The molecule has 0 atom stereocenters. The molecule has 1 aromatic carbocycles. The van der Waals surface area contributed by atoms with Gasteiger partial charge in [-0.25, -0.2) is 4.98 Å². The highest BCUT2D eigenvalue weighted by Gasteiger charge is 2.11. The Balaban J connectivity index is 1.60. The van der Waals surface area contributed by atoms with Crippen molar-refractivity contribution in [2.45, 2.75) is 19.8 Å². The van der Waals surface area contributed by atoms with Crippen molar-refractivity contribution in [3.8, 4) is 0 Å². The van der Waals surface area contributed by atoms with Crippen LogP contribution in [-0.2, 0) is 12.8 Å². The first-order valence-corrected chi connectivity index (χ1v) is 7.93. The summed E-state index contributed by atoms with van der Waals surface area (Å²) in [6.07, 6.45) is 3.41. The number of anilines is 1. The van der Waals surface area contributed by atoms with E-state index in [0.717, 1.165) is 41.0 Å². The first kappa shape index (κ1) is 15.2.